The molecule has 0 aliphatic carbocycles. The molecular weight excluding hydrogens is 168 g/mol. The van der Waals surface area contributed by atoms with Gasteiger partial charge in [0.15, 0.2) is 0 Å². The fourth-order valence-electron chi connectivity index (χ4n) is 0.716. The summed E-state index contributed by atoms with van der Waals surface area (Å²) in [6, 6.07) is 0. The summed E-state index contributed by atoms with van der Waals surface area (Å²) in [5, 5.41) is 4.70. The molecule has 0 radical (unpaired) electrons. The quantitative estimate of drug-likeness (QED) is 0.271. The Hall–Kier alpha value is -0.310. The molecule has 0 fully saturated rings. The van der Waals surface area contributed by atoms with Crippen LogP contribution in [-0.4, -0.2) is 18.3 Å². The van der Waals surface area contributed by atoms with E-state index in [1.54, 1.807) is 0 Å². The van der Waals surface area contributed by atoms with Crippen LogP contribution in [0.15, 0.2) is 4.99 Å². The molecule has 3 heteroatoms. The van der Waals surface area contributed by atoms with Gasteiger partial charge in [0.05, 0.1) is 0 Å². The molecule has 0 spiro atoms. The maximum atomic E-state index is 4.95. The SMILES string of the molecule is CCCCN=C([S-])[N-]CCCC. The lowest BCUT2D eigenvalue weighted by Crippen LogP contribution is -1.96. The molecule has 0 aromatic heterocycles. The highest BCUT2D eigenvalue weighted by atomic mass is 32.1. The molecule has 12 heavy (non-hydrogen) atoms. The van der Waals surface area contributed by atoms with Crippen LogP contribution in [0.3, 0.4) is 0 Å². The first kappa shape index (κ1) is 11.7. The Morgan fingerprint density at radius 3 is 2.50 bits per heavy atom. The Morgan fingerprint density at radius 1 is 1.25 bits per heavy atom. The van der Waals surface area contributed by atoms with Crippen molar-refractivity contribution in [3.8, 4) is 0 Å². The van der Waals surface area contributed by atoms with Crippen LogP contribution < -0.4 is 0 Å². The van der Waals surface area contributed by atoms with Gasteiger partial charge in [-0.1, -0.05) is 52.6 Å². The minimum absolute atomic E-state index is 0.553. The molecule has 0 atom stereocenters. The Labute approximate surface area is 81.3 Å². The van der Waals surface area contributed by atoms with Crippen LogP contribution in [0.4, 0.5) is 0 Å². The van der Waals surface area contributed by atoms with E-state index in [0.29, 0.717) is 5.17 Å². The second kappa shape index (κ2) is 8.78. The maximum absolute atomic E-state index is 4.95. The predicted octanol–water partition coefficient (Wildman–Crippen LogP) is 2.86. The van der Waals surface area contributed by atoms with E-state index in [2.05, 4.69) is 24.2 Å². The monoisotopic (exact) mass is 186 g/mol. The van der Waals surface area contributed by atoms with E-state index >= 15 is 0 Å². The van der Waals surface area contributed by atoms with Crippen molar-refractivity contribution < 1.29 is 0 Å². The molecule has 0 saturated carbocycles. The first-order chi connectivity index (χ1) is 5.81. The normalized spacial score (nSPS) is 11.7. The number of unbranched alkanes of at least 4 members (excludes halogenated alkanes) is 2. The van der Waals surface area contributed by atoms with Gasteiger partial charge >= 0.3 is 0 Å². The molecule has 0 bridgehead atoms. The van der Waals surface area contributed by atoms with E-state index < -0.39 is 0 Å². The summed E-state index contributed by atoms with van der Waals surface area (Å²) in [7, 11) is 0. The number of hydrogen-bond acceptors (Lipinski definition) is 2. The Morgan fingerprint density at radius 2 is 1.92 bits per heavy atom. The number of hydrogen-bond donors (Lipinski definition) is 0. The van der Waals surface area contributed by atoms with E-state index in [0.717, 1.165) is 25.9 Å². The topological polar surface area (TPSA) is 26.5 Å². The zero-order valence-corrected chi connectivity index (χ0v) is 8.86. The highest BCUT2D eigenvalue weighted by Gasteiger charge is 1.75. The third-order valence-electron chi connectivity index (χ3n) is 1.52. The number of amidine groups is 1. The first-order valence-electron chi connectivity index (χ1n) is 4.70. The molecule has 0 aromatic carbocycles. The Bertz CT molecular complexity index is 124. The van der Waals surface area contributed by atoms with Gasteiger partial charge in [-0.05, 0) is 0 Å². The molecule has 0 rings (SSSR count). The molecule has 0 amide bonds. The summed E-state index contributed by atoms with van der Waals surface area (Å²) in [6.45, 7) is 5.97. The minimum atomic E-state index is 0.553. The van der Waals surface area contributed by atoms with Gasteiger partial charge in [-0.15, -0.1) is 0 Å². The molecule has 0 N–H and O–H groups in total. The van der Waals surface area contributed by atoms with Gasteiger partial charge < -0.3 is 22.9 Å². The minimum Gasteiger partial charge on any atom is -0.789 e. The maximum Gasteiger partial charge on any atom is -0.0529 e. The molecular formula is C9H18N2S-2. The zero-order chi connectivity index (χ0) is 9.23. The number of aliphatic imine (C=N–C) groups is 1. The summed E-state index contributed by atoms with van der Waals surface area (Å²) in [6.07, 6.45) is 4.56. The fourth-order valence-corrected chi connectivity index (χ4v) is 0.898. The summed E-state index contributed by atoms with van der Waals surface area (Å²) >= 11 is 4.95. The van der Waals surface area contributed by atoms with E-state index in [4.69, 9.17) is 12.6 Å². The van der Waals surface area contributed by atoms with Crippen LogP contribution in [0.1, 0.15) is 39.5 Å². The van der Waals surface area contributed by atoms with E-state index in [1.807, 2.05) is 0 Å². The van der Waals surface area contributed by atoms with E-state index in [9.17, 15) is 0 Å². The van der Waals surface area contributed by atoms with Crippen LogP contribution in [0.5, 0.6) is 0 Å². The molecule has 0 aliphatic rings. The molecule has 72 valence electrons. The lowest BCUT2D eigenvalue weighted by Gasteiger charge is -2.25. The van der Waals surface area contributed by atoms with Gasteiger partial charge in [-0.25, -0.2) is 5.17 Å². The summed E-state index contributed by atoms with van der Waals surface area (Å²) in [5.74, 6) is 0. The molecule has 2 nitrogen and oxygen atoms in total. The predicted molar refractivity (Wildman–Crippen MR) is 57.7 cm³/mol. The molecule has 0 saturated heterocycles. The van der Waals surface area contributed by atoms with Crippen molar-refractivity contribution in [2.75, 3.05) is 13.1 Å². The largest absolute Gasteiger partial charge is 0.789 e. The van der Waals surface area contributed by atoms with Crippen LogP contribution in [0.2, 0.25) is 0 Å². The van der Waals surface area contributed by atoms with Gasteiger partial charge in [0.25, 0.3) is 0 Å². The van der Waals surface area contributed by atoms with Crippen LogP contribution >= 0.6 is 0 Å². The lowest BCUT2D eigenvalue weighted by atomic mass is 10.3. The molecule has 0 unspecified atom stereocenters. The highest BCUT2D eigenvalue weighted by Crippen LogP contribution is 1.97. The smallest absolute Gasteiger partial charge is 0.0529 e. The van der Waals surface area contributed by atoms with Crippen molar-refractivity contribution in [3.05, 3.63) is 5.32 Å². The molecule has 0 aromatic rings. The van der Waals surface area contributed by atoms with Crippen molar-refractivity contribution in [2.24, 2.45) is 4.99 Å². The molecule has 0 aliphatic heterocycles. The van der Waals surface area contributed by atoms with Crippen LogP contribution in [0.25, 0.3) is 5.32 Å². The zero-order valence-electron chi connectivity index (χ0n) is 8.05. The molecule has 0 heterocycles. The van der Waals surface area contributed by atoms with Gasteiger partial charge in [0.2, 0.25) is 0 Å². The van der Waals surface area contributed by atoms with Crippen molar-refractivity contribution in [1.82, 2.24) is 0 Å². The van der Waals surface area contributed by atoms with Gasteiger partial charge in [-0.2, -0.15) is 0 Å². The second-order valence-corrected chi connectivity index (χ2v) is 3.12. The first-order valence-corrected chi connectivity index (χ1v) is 5.11. The second-order valence-electron chi connectivity index (χ2n) is 2.75. The third-order valence-corrected chi connectivity index (χ3v) is 1.78. The average Bonchev–Trinajstić information content (AvgIpc) is 2.06. The standard InChI is InChI=1S/C9H19N2S/c1-3-5-7-10-9(12)11-8-6-4-2/h3-8H2,1-2H3,(H-,10,11,12)/q-1/p-1. The van der Waals surface area contributed by atoms with Gasteiger partial charge in [0.1, 0.15) is 0 Å². The Balaban J connectivity index is 3.29. The van der Waals surface area contributed by atoms with Crippen molar-refractivity contribution in [3.63, 3.8) is 0 Å². The fraction of sp³-hybridized carbons (Fsp3) is 0.889. The van der Waals surface area contributed by atoms with Crippen LogP contribution in [0, 0.1) is 0 Å². The van der Waals surface area contributed by atoms with Crippen molar-refractivity contribution in [2.45, 2.75) is 39.5 Å². The third kappa shape index (κ3) is 7.79. The summed E-state index contributed by atoms with van der Waals surface area (Å²) in [5.41, 5.74) is 0. The Kier molecular flexibility index (Phi) is 8.56. The number of rotatable bonds is 6. The highest BCUT2D eigenvalue weighted by molar-refractivity contribution is 7.78. The summed E-state index contributed by atoms with van der Waals surface area (Å²) in [4.78, 5) is 4.15. The lowest BCUT2D eigenvalue weighted by molar-refractivity contribution is 0.808. The number of nitrogens with zero attached hydrogens (tertiary/aromatic N) is 2. The average molecular weight is 186 g/mol. The van der Waals surface area contributed by atoms with Crippen LogP contribution in [-0.2, 0) is 12.6 Å². The van der Waals surface area contributed by atoms with Crippen molar-refractivity contribution >= 4 is 17.8 Å². The van der Waals surface area contributed by atoms with Crippen molar-refractivity contribution in [1.29, 1.82) is 0 Å². The van der Waals surface area contributed by atoms with E-state index in [1.165, 1.54) is 12.8 Å². The van der Waals surface area contributed by atoms with Gasteiger partial charge in [-0.3, -0.25) is 0 Å². The van der Waals surface area contributed by atoms with E-state index in [-0.39, 0.29) is 0 Å². The van der Waals surface area contributed by atoms with Gasteiger partial charge in [0, 0.05) is 0 Å². The summed E-state index contributed by atoms with van der Waals surface area (Å²) < 4.78 is 0.